The lowest BCUT2D eigenvalue weighted by atomic mass is 10.4. The molecule has 0 N–H and O–H groups in total. The number of pyridine rings is 1. The number of hydrogen-bond donors (Lipinski definition) is 0. The topological polar surface area (TPSA) is 49.8 Å². The molecule has 0 aliphatic carbocycles. The van der Waals surface area contributed by atoms with Crippen LogP contribution in [0.4, 0.5) is 0 Å². The van der Waals surface area contributed by atoms with Crippen LogP contribution in [-0.4, -0.2) is 39.2 Å². The van der Waals surface area contributed by atoms with E-state index in [9.17, 15) is 0 Å². The molecule has 1 heterocycles. The molecule has 0 radical (unpaired) electrons. The molecule has 0 bridgehead atoms. The quantitative estimate of drug-likeness (QED) is 0.662. The molecule has 1 aromatic rings. The summed E-state index contributed by atoms with van der Waals surface area (Å²) in [7, 11) is 4.68. The zero-order chi connectivity index (χ0) is 11.1. The number of hydrogen-bond acceptors (Lipinski definition) is 5. The van der Waals surface area contributed by atoms with Crippen molar-refractivity contribution >= 4 is 0 Å². The molecule has 5 heteroatoms. The number of nitrogens with zero attached hydrogens (tertiary/aromatic N) is 1. The van der Waals surface area contributed by atoms with Gasteiger partial charge in [-0.3, -0.25) is 0 Å². The highest BCUT2D eigenvalue weighted by Crippen LogP contribution is 2.13. The van der Waals surface area contributed by atoms with Crippen molar-refractivity contribution in [2.45, 2.75) is 6.29 Å². The average Bonchev–Trinajstić information content (AvgIpc) is 2.31. The van der Waals surface area contributed by atoms with Gasteiger partial charge in [0.1, 0.15) is 12.4 Å². The molecule has 0 fully saturated rings. The maximum atomic E-state index is 5.38. The van der Waals surface area contributed by atoms with Crippen LogP contribution in [0.5, 0.6) is 11.6 Å². The van der Waals surface area contributed by atoms with Crippen LogP contribution in [0.3, 0.4) is 0 Å². The normalized spacial score (nSPS) is 10.4. The molecule has 0 aromatic carbocycles. The second-order valence-electron chi connectivity index (χ2n) is 2.75. The Bertz CT molecular complexity index is 271. The van der Waals surface area contributed by atoms with Gasteiger partial charge in [0.05, 0.1) is 13.3 Å². The van der Waals surface area contributed by atoms with E-state index < -0.39 is 0 Å². The van der Waals surface area contributed by atoms with Crippen molar-refractivity contribution in [3.8, 4) is 11.6 Å². The lowest BCUT2D eigenvalue weighted by molar-refractivity contribution is -0.122. The van der Waals surface area contributed by atoms with Crippen LogP contribution < -0.4 is 9.47 Å². The van der Waals surface area contributed by atoms with Crippen LogP contribution in [0.1, 0.15) is 0 Å². The van der Waals surface area contributed by atoms with E-state index in [1.165, 1.54) is 0 Å². The number of rotatable bonds is 6. The molecule has 5 nitrogen and oxygen atoms in total. The van der Waals surface area contributed by atoms with Gasteiger partial charge in [0.2, 0.25) is 5.88 Å². The lowest BCUT2D eigenvalue weighted by Gasteiger charge is -2.14. The Hall–Kier alpha value is -1.33. The Morgan fingerprint density at radius 3 is 2.40 bits per heavy atom. The molecule has 84 valence electrons. The van der Waals surface area contributed by atoms with Gasteiger partial charge < -0.3 is 18.9 Å². The maximum absolute atomic E-state index is 5.38. The van der Waals surface area contributed by atoms with Crippen LogP contribution in [0.25, 0.3) is 0 Å². The molecular weight excluding hydrogens is 198 g/mol. The van der Waals surface area contributed by atoms with Crippen LogP contribution in [-0.2, 0) is 9.47 Å². The SMILES string of the molecule is COc1ccc(OCC(OC)OC)cn1. The monoisotopic (exact) mass is 213 g/mol. The molecule has 0 saturated carbocycles. The van der Waals surface area contributed by atoms with E-state index in [1.54, 1.807) is 39.7 Å². The van der Waals surface area contributed by atoms with Gasteiger partial charge in [0.25, 0.3) is 0 Å². The Balaban J connectivity index is 2.43. The van der Waals surface area contributed by atoms with E-state index in [4.69, 9.17) is 18.9 Å². The smallest absolute Gasteiger partial charge is 0.213 e. The second-order valence-corrected chi connectivity index (χ2v) is 2.75. The zero-order valence-corrected chi connectivity index (χ0v) is 9.10. The first-order valence-corrected chi connectivity index (χ1v) is 4.48. The fourth-order valence-electron chi connectivity index (χ4n) is 0.969. The summed E-state index contributed by atoms with van der Waals surface area (Å²) in [5, 5.41) is 0. The van der Waals surface area contributed by atoms with Gasteiger partial charge in [-0.1, -0.05) is 0 Å². The molecule has 0 amide bonds. The first kappa shape index (κ1) is 11.7. The summed E-state index contributed by atoms with van der Waals surface area (Å²) in [6.07, 6.45) is 1.22. The molecule has 0 saturated heterocycles. The van der Waals surface area contributed by atoms with Gasteiger partial charge in [-0.05, 0) is 6.07 Å². The third-order valence-corrected chi connectivity index (χ3v) is 1.83. The zero-order valence-electron chi connectivity index (χ0n) is 9.10. The number of methoxy groups -OCH3 is 3. The number of aromatic nitrogens is 1. The van der Waals surface area contributed by atoms with Crippen molar-refractivity contribution in [2.75, 3.05) is 27.9 Å². The third-order valence-electron chi connectivity index (χ3n) is 1.83. The summed E-state index contributed by atoms with van der Waals surface area (Å²) in [5.74, 6) is 1.20. The minimum atomic E-state index is -0.368. The summed E-state index contributed by atoms with van der Waals surface area (Å²) in [4.78, 5) is 4.00. The highest BCUT2D eigenvalue weighted by atomic mass is 16.7. The van der Waals surface area contributed by atoms with Crippen LogP contribution in [0, 0.1) is 0 Å². The second kappa shape index (κ2) is 6.21. The van der Waals surface area contributed by atoms with Gasteiger partial charge in [-0.2, -0.15) is 0 Å². The highest BCUT2D eigenvalue weighted by molar-refractivity contribution is 5.22. The van der Waals surface area contributed by atoms with Crippen molar-refractivity contribution in [3.05, 3.63) is 18.3 Å². The van der Waals surface area contributed by atoms with Gasteiger partial charge in [-0.25, -0.2) is 4.98 Å². The fraction of sp³-hybridized carbons (Fsp3) is 0.500. The molecule has 0 aliphatic rings. The first-order valence-electron chi connectivity index (χ1n) is 4.48. The summed E-state index contributed by atoms with van der Waals surface area (Å²) >= 11 is 0. The molecule has 0 unspecified atom stereocenters. The Kier molecular flexibility index (Phi) is 4.86. The maximum Gasteiger partial charge on any atom is 0.213 e. The van der Waals surface area contributed by atoms with Crippen molar-refractivity contribution in [1.82, 2.24) is 4.98 Å². The van der Waals surface area contributed by atoms with Crippen LogP contribution in [0.2, 0.25) is 0 Å². The summed E-state index contributed by atoms with van der Waals surface area (Å²) < 4.78 is 20.2. The number of ether oxygens (including phenoxy) is 4. The first-order chi connectivity index (χ1) is 7.30. The average molecular weight is 213 g/mol. The standard InChI is InChI=1S/C10H15NO4/c1-12-9-5-4-8(6-11-9)15-7-10(13-2)14-3/h4-6,10H,7H2,1-3H3. The fourth-order valence-corrected chi connectivity index (χ4v) is 0.969. The highest BCUT2D eigenvalue weighted by Gasteiger charge is 2.05. The van der Waals surface area contributed by atoms with E-state index in [2.05, 4.69) is 4.98 Å². The Labute approximate surface area is 88.9 Å². The van der Waals surface area contributed by atoms with E-state index in [-0.39, 0.29) is 6.29 Å². The van der Waals surface area contributed by atoms with Gasteiger partial charge >= 0.3 is 0 Å². The van der Waals surface area contributed by atoms with Crippen LogP contribution >= 0.6 is 0 Å². The summed E-state index contributed by atoms with van der Waals surface area (Å²) in [6.45, 7) is 0.320. The van der Waals surface area contributed by atoms with Gasteiger partial charge in [0.15, 0.2) is 6.29 Å². The van der Waals surface area contributed by atoms with E-state index in [1.807, 2.05) is 0 Å². The molecule has 0 spiro atoms. The molecule has 0 aliphatic heterocycles. The predicted molar refractivity (Wildman–Crippen MR) is 54.1 cm³/mol. The Morgan fingerprint density at radius 1 is 1.20 bits per heavy atom. The molecule has 0 atom stereocenters. The van der Waals surface area contributed by atoms with E-state index in [0.717, 1.165) is 0 Å². The summed E-state index contributed by atoms with van der Waals surface area (Å²) in [5.41, 5.74) is 0. The van der Waals surface area contributed by atoms with E-state index in [0.29, 0.717) is 18.2 Å². The minimum Gasteiger partial charge on any atom is -0.487 e. The van der Waals surface area contributed by atoms with Crippen molar-refractivity contribution in [1.29, 1.82) is 0 Å². The minimum absolute atomic E-state index is 0.320. The molecule has 15 heavy (non-hydrogen) atoms. The van der Waals surface area contributed by atoms with Crippen molar-refractivity contribution in [2.24, 2.45) is 0 Å². The van der Waals surface area contributed by atoms with E-state index >= 15 is 0 Å². The molecule has 1 aromatic heterocycles. The van der Waals surface area contributed by atoms with Crippen molar-refractivity contribution in [3.63, 3.8) is 0 Å². The predicted octanol–water partition coefficient (Wildman–Crippen LogP) is 1.09. The Morgan fingerprint density at radius 2 is 1.93 bits per heavy atom. The van der Waals surface area contributed by atoms with Crippen molar-refractivity contribution < 1.29 is 18.9 Å². The van der Waals surface area contributed by atoms with Gasteiger partial charge in [0, 0.05) is 20.3 Å². The van der Waals surface area contributed by atoms with Crippen LogP contribution in [0.15, 0.2) is 18.3 Å². The largest absolute Gasteiger partial charge is 0.487 e. The van der Waals surface area contributed by atoms with Gasteiger partial charge in [-0.15, -0.1) is 0 Å². The molecular formula is C10H15NO4. The summed E-state index contributed by atoms with van der Waals surface area (Å²) in [6, 6.07) is 3.50. The molecule has 1 rings (SSSR count). The lowest BCUT2D eigenvalue weighted by Crippen LogP contribution is -2.22. The third kappa shape index (κ3) is 3.73.